The zero-order valence-electron chi connectivity index (χ0n) is 11.0. The summed E-state index contributed by atoms with van der Waals surface area (Å²) in [4.78, 5) is 11.1. The fraction of sp³-hybridized carbons (Fsp3) is 0.0714. The third-order valence-electron chi connectivity index (χ3n) is 2.79. The normalized spacial score (nSPS) is 11.2. The molecule has 2 rings (SSSR count). The lowest BCUT2D eigenvalue weighted by Gasteiger charge is -2.24. The molecular formula is C14H10BrClFNO3S. The molecular weight excluding hydrogens is 397 g/mol. The summed E-state index contributed by atoms with van der Waals surface area (Å²) in [5.41, 5.74) is 0.265. The predicted molar refractivity (Wildman–Crippen MR) is 85.9 cm³/mol. The summed E-state index contributed by atoms with van der Waals surface area (Å²) < 4.78 is 39.7. The first-order chi connectivity index (χ1) is 10.3. The Bertz CT molecular complexity index is 796. The van der Waals surface area contributed by atoms with Crippen LogP contribution in [0.5, 0.6) is 0 Å². The third kappa shape index (κ3) is 3.66. The number of anilines is 1. The van der Waals surface area contributed by atoms with Crippen molar-refractivity contribution >= 4 is 48.5 Å². The van der Waals surface area contributed by atoms with Crippen LogP contribution in [0.2, 0.25) is 0 Å². The number of halogens is 3. The fourth-order valence-corrected chi connectivity index (χ4v) is 4.05. The summed E-state index contributed by atoms with van der Waals surface area (Å²) in [6, 6.07) is 10.8. The molecule has 116 valence electrons. The van der Waals surface area contributed by atoms with Crippen LogP contribution in [-0.4, -0.2) is 20.2 Å². The Balaban J connectivity index is 2.56. The van der Waals surface area contributed by atoms with Gasteiger partial charge in [0.1, 0.15) is 12.4 Å². The molecule has 0 fully saturated rings. The molecule has 0 saturated heterocycles. The molecule has 0 amide bonds. The van der Waals surface area contributed by atoms with Crippen LogP contribution in [0.4, 0.5) is 10.1 Å². The molecule has 0 spiro atoms. The molecule has 0 unspecified atom stereocenters. The first-order valence-corrected chi connectivity index (χ1v) is 8.64. The minimum atomic E-state index is -4.06. The first-order valence-electron chi connectivity index (χ1n) is 6.03. The molecule has 0 aliphatic carbocycles. The predicted octanol–water partition coefficient (Wildman–Crippen LogP) is 3.55. The number of hydrogen-bond acceptors (Lipinski definition) is 3. The SMILES string of the molecule is O=C(Cl)CN(c1ccccc1Br)S(=O)(=O)c1ccc(F)cc1. The lowest BCUT2D eigenvalue weighted by Crippen LogP contribution is -2.34. The van der Waals surface area contributed by atoms with Crippen molar-refractivity contribution in [2.45, 2.75) is 4.90 Å². The largest absolute Gasteiger partial charge is 0.279 e. The van der Waals surface area contributed by atoms with E-state index >= 15 is 0 Å². The summed E-state index contributed by atoms with van der Waals surface area (Å²) in [5.74, 6) is -0.556. The Labute approximate surface area is 140 Å². The average molecular weight is 407 g/mol. The number of rotatable bonds is 5. The number of nitrogens with zero attached hydrogens (tertiary/aromatic N) is 1. The van der Waals surface area contributed by atoms with E-state index in [9.17, 15) is 17.6 Å². The maximum absolute atomic E-state index is 13.0. The van der Waals surface area contributed by atoms with E-state index in [-0.39, 0.29) is 10.6 Å². The van der Waals surface area contributed by atoms with Crippen LogP contribution in [-0.2, 0) is 14.8 Å². The van der Waals surface area contributed by atoms with Gasteiger partial charge in [0.2, 0.25) is 5.24 Å². The second-order valence-electron chi connectivity index (χ2n) is 4.27. The van der Waals surface area contributed by atoms with Gasteiger partial charge in [0.05, 0.1) is 10.6 Å². The Kier molecular flexibility index (Phi) is 5.20. The van der Waals surface area contributed by atoms with Gasteiger partial charge in [-0.3, -0.25) is 9.10 Å². The molecule has 0 saturated carbocycles. The number of para-hydroxylation sites is 1. The van der Waals surface area contributed by atoms with Crippen molar-refractivity contribution in [3.8, 4) is 0 Å². The molecule has 0 atom stereocenters. The molecule has 8 heteroatoms. The molecule has 22 heavy (non-hydrogen) atoms. The van der Waals surface area contributed by atoms with Gasteiger partial charge in [-0.2, -0.15) is 0 Å². The van der Waals surface area contributed by atoms with Crippen LogP contribution in [0.3, 0.4) is 0 Å². The monoisotopic (exact) mass is 405 g/mol. The summed E-state index contributed by atoms with van der Waals surface area (Å²) in [5, 5.41) is -0.832. The van der Waals surface area contributed by atoms with E-state index in [1.165, 1.54) is 6.07 Å². The maximum atomic E-state index is 13.0. The van der Waals surface area contributed by atoms with Gasteiger partial charge in [0.25, 0.3) is 10.0 Å². The lowest BCUT2D eigenvalue weighted by molar-refractivity contribution is -0.110. The van der Waals surface area contributed by atoms with Crippen molar-refractivity contribution in [2.24, 2.45) is 0 Å². The van der Waals surface area contributed by atoms with Gasteiger partial charge >= 0.3 is 0 Å². The van der Waals surface area contributed by atoms with Crippen LogP contribution < -0.4 is 4.31 Å². The highest BCUT2D eigenvalue weighted by molar-refractivity contribution is 9.10. The number of hydrogen-bond donors (Lipinski definition) is 0. The zero-order chi connectivity index (χ0) is 16.3. The highest BCUT2D eigenvalue weighted by Gasteiger charge is 2.27. The van der Waals surface area contributed by atoms with Gasteiger partial charge in [-0.25, -0.2) is 12.8 Å². The second kappa shape index (κ2) is 6.76. The molecule has 0 aromatic heterocycles. The fourth-order valence-electron chi connectivity index (χ4n) is 1.80. The van der Waals surface area contributed by atoms with E-state index < -0.39 is 27.6 Å². The Morgan fingerprint density at radius 3 is 2.27 bits per heavy atom. The molecule has 0 bridgehead atoms. The van der Waals surface area contributed by atoms with E-state index in [0.717, 1.165) is 28.6 Å². The van der Waals surface area contributed by atoms with Crippen molar-refractivity contribution in [1.29, 1.82) is 0 Å². The topological polar surface area (TPSA) is 54.5 Å². The standard InChI is InChI=1S/C14H10BrClFNO3S/c15-12-3-1-2-4-13(12)18(9-14(16)19)22(20,21)11-7-5-10(17)6-8-11/h1-8H,9H2. The van der Waals surface area contributed by atoms with Crippen molar-refractivity contribution in [2.75, 3.05) is 10.8 Å². The molecule has 0 heterocycles. The van der Waals surface area contributed by atoms with Gasteiger partial charge in [0.15, 0.2) is 0 Å². The molecule has 0 radical (unpaired) electrons. The van der Waals surface area contributed by atoms with Gasteiger partial charge < -0.3 is 0 Å². The number of sulfonamides is 1. The minimum Gasteiger partial charge on any atom is -0.279 e. The van der Waals surface area contributed by atoms with Crippen LogP contribution in [0.25, 0.3) is 0 Å². The molecule has 4 nitrogen and oxygen atoms in total. The lowest BCUT2D eigenvalue weighted by atomic mass is 10.3. The van der Waals surface area contributed by atoms with Crippen LogP contribution >= 0.6 is 27.5 Å². The second-order valence-corrected chi connectivity index (χ2v) is 7.41. The van der Waals surface area contributed by atoms with Crippen molar-refractivity contribution in [3.63, 3.8) is 0 Å². The highest BCUT2D eigenvalue weighted by Crippen LogP contribution is 2.30. The quantitative estimate of drug-likeness (QED) is 0.714. The van der Waals surface area contributed by atoms with E-state index in [1.807, 2.05) is 0 Å². The Morgan fingerprint density at radius 1 is 1.14 bits per heavy atom. The maximum Gasteiger partial charge on any atom is 0.264 e. The first kappa shape index (κ1) is 16.9. The van der Waals surface area contributed by atoms with Gasteiger partial charge in [0, 0.05) is 4.47 Å². The highest BCUT2D eigenvalue weighted by atomic mass is 79.9. The summed E-state index contributed by atoms with van der Waals surface area (Å²) >= 11 is 8.62. The van der Waals surface area contributed by atoms with Gasteiger partial charge in [-0.1, -0.05) is 12.1 Å². The molecule has 0 aliphatic heterocycles. The summed E-state index contributed by atoms with van der Waals surface area (Å²) in [6.45, 7) is -0.538. The smallest absolute Gasteiger partial charge is 0.264 e. The van der Waals surface area contributed by atoms with Gasteiger partial charge in [-0.05, 0) is 63.9 Å². The zero-order valence-corrected chi connectivity index (χ0v) is 14.2. The van der Waals surface area contributed by atoms with Crippen molar-refractivity contribution in [1.82, 2.24) is 0 Å². The van der Waals surface area contributed by atoms with Crippen molar-refractivity contribution in [3.05, 3.63) is 58.8 Å². The van der Waals surface area contributed by atoms with E-state index in [4.69, 9.17) is 11.6 Å². The molecule has 0 N–H and O–H groups in total. The number of carbonyl (C=O) groups is 1. The van der Waals surface area contributed by atoms with E-state index in [1.54, 1.807) is 18.2 Å². The van der Waals surface area contributed by atoms with Gasteiger partial charge in [-0.15, -0.1) is 0 Å². The summed E-state index contributed by atoms with van der Waals surface area (Å²) in [6.07, 6.45) is 0. The minimum absolute atomic E-state index is 0.137. The van der Waals surface area contributed by atoms with E-state index in [2.05, 4.69) is 15.9 Å². The Morgan fingerprint density at radius 2 is 1.73 bits per heavy atom. The summed E-state index contributed by atoms with van der Waals surface area (Å²) in [7, 11) is -4.06. The molecule has 0 aliphatic rings. The number of carbonyl (C=O) groups excluding carboxylic acids is 1. The van der Waals surface area contributed by atoms with Crippen molar-refractivity contribution < 1.29 is 17.6 Å². The average Bonchev–Trinajstić information content (AvgIpc) is 2.46. The number of benzene rings is 2. The third-order valence-corrected chi connectivity index (χ3v) is 5.35. The van der Waals surface area contributed by atoms with E-state index in [0.29, 0.717) is 4.47 Å². The van der Waals surface area contributed by atoms with Crippen LogP contribution in [0, 0.1) is 5.82 Å². The van der Waals surface area contributed by atoms with Crippen LogP contribution in [0.15, 0.2) is 57.9 Å². The molecule has 2 aromatic carbocycles. The van der Waals surface area contributed by atoms with Crippen LogP contribution in [0.1, 0.15) is 0 Å². The Hall–Kier alpha value is -1.44. The molecule has 2 aromatic rings.